The third-order valence-corrected chi connectivity index (χ3v) is 1.65. The summed E-state index contributed by atoms with van der Waals surface area (Å²) in [6.45, 7) is 2.89. The predicted molar refractivity (Wildman–Crippen MR) is 46.5 cm³/mol. The van der Waals surface area contributed by atoms with E-state index < -0.39 is 23.5 Å². The van der Waals surface area contributed by atoms with Crippen LogP contribution in [-0.4, -0.2) is 30.0 Å². The van der Waals surface area contributed by atoms with Gasteiger partial charge in [-0.2, -0.15) is 0 Å². The largest absolute Gasteiger partial charge is 0.465 e. The second-order valence-electron chi connectivity index (χ2n) is 2.40. The standard InChI is InChI=1S/C8H11ClO4/c1-3-13-8(12)7(5(2)10)6(11)4-9/h7H,3-4H2,1-2H3. The van der Waals surface area contributed by atoms with Crippen molar-refractivity contribution in [2.24, 2.45) is 5.92 Å². The molecule has 0 rings (SSSR count). The summed E-state index contributed by atoms with van der Waals surface area (Å²) in [5.41, 5.74) is 0. The van der Waals surface area contributed by atoms with Crippen LogP contribution in [0.2, 0.25) is 0 Å². The van der Waals surface area contributed by atoms with Crippen LogP contribution in [0, 0.1) is 5.92 Å². The van der Waals surface area contributed by atoms with E-state index in [4.69, 9.17) is 11.6 Å². The van der Waals surface area contributed by atoms with Crippen molar-refractivity contribution in [1.29, 1.82) is 0 Å². The molecule has 0 saturated heterocycles. The van der Waals surface area contributed by atoms with Crippen molar-refractivity contribution in [3.05, 3.63) is 0 Å². The first kappa shape index (κ1) is 12.1. The highest BCUT2D eigenvalue weighted by atomic mass is 35.5. The first-order valence-electron chi connectivity index (χ1n) is 3.80. The van der Waals surface area contributed by atoms with Gasteiger partial charge in [0.25, 0.3) is 0 Å². The van der Waals surface area contributed by atoms with Crippen LogP contribution in [0.15, 0.2) is 0 Å². The topological polar surface area (TPSA) is 60.4 Å². The zero-order valence-electron chi connectivity index (χ0n) is 7.50. The van der Waals surface area contributed by atoms with Crippen LogP contribution in [0.5, 0.6) is 0 Å². The van der Waals surface area contributed by atoms with Gasteiger partial charge in [-0.05, 0) is 13.8 Å². The molecule has 0 spiro atoms. The molecule has 0 radical (unpaired) electrons. The summed E-state index contributed by atoms with van der Waals surface area (Å²) in [7, 11) is 0. The summed E-state index contributed by atoms with van der Waals surface area (Å²) in [5.74, 6) is -3.68. The SMILES string of the molecule is CCOC(=O)C(C(C)=O)C(=O)CCl. The van der Waals surface area contributed by atoms with Crippen LogP contribution < -0.4 is 0 Å². The van der Waals surface area contributed by atoms with E-state index in [0.717, 1.165) is 6.92 Å². The summed E-state index contributed by atoms with van der Waals surface area (Å²) in [4.78, 5) is 33.0. The number of carbonyl (C=O) groups excluding carboxylic acids is 3. The van der Waals surface area contributed by atoms with Crippen molar-refractivity contribution in [3.63, 3.8) is 0 Å². The Hall–Kier alpha value is -0.900. The van der Waals surface area contributed by atoms with E-state index >= 15 is 0 Å². The number of ketones is 2. The predicted octanol–water partition coefficient (Wildman–Crippen LogP) is 0.563. The number of hydrogen-bond acceptors (Lipinski definition) is 4. The van der Waals surface area contributed by atoms with Crippen LogP contribution in [0.25, 0.3) is 0 Å². The molecule has 5 heteroatoms. The van der Waals surface area contributed by atoms with Crippen LogP contribution in [0.3, 0.4) is 0 Å². The van der Waals surface area contributed by atoms with Gasteiger partial charge in [-0.25, -0.2) is 0 Å². The van der Waals surface area contributed by atoms with E-state index in [-0.39, 0.29) is 12.5 Å². The average Bonchev–Trinajstić information content (AvgIpc) is 2.04. The number of alkyl halides is 1. The van der Waals surface area contributed by atoms with Crippen molar-refractivity contribution in [1.82, 2.24) is 0 Å². The Morgan fingerprint density at radius 3 is 2.23 bits per heavy atom. The minimum atomic E-state index is -1.35. The van der Waals surface area contributed by atoms with Gasteiger partial charge in [0.05, 0.1) is 12.5 Å². The molecule has 1 atom stereocenters. The average molecular weight is 207 g/mol. The number of hydrogen-bond donors (Lipinski definition) is 0. The molecule has 1 unspecified atom stereocenters. The lowest BCUT2D eigenvalue weighted by Gasteiger charge is -2.09. The quantitative estimate of drug-likeness (QED) is 0.375. The highest BCUT2D eigenvalue weighted by molar-refractivity contribution is 6.32. The Labute approximate surface area is 81.2 Å². The molecule has 13 heavy (non-hydrogen) atoms. The molecule has 0 saturated carbocycles. The molecule has 0 aliphatic heterocycles. The molecule has 74 valence electrons. The molecule has 0 aliphatic rings. The van der Waals surface area contributed by atoms with Gasteiger partial charge in [0.2, 0.25) is 0 Å². The lowest BCUT2D eigenvalue weighted by atomic mass is 10.0. The Bertz CT molecular complexity index is 224. The van der Waals surface area contributed by atoms with Crippen molar-refractivity contribution in [3.8, 4) is 0 Å². The van der Waals surface area contributed by atoms with E-state index in [9.17, 15) is 14.4 Å². The van der Waals surface area contributed by atoms with Gasteiger partial charge < -0.3 is 4.74 Å². The zero-order chi connectivity index (χ0) is 10.4. The summed E-state index contributed by atoms with van der Waals surface area (Å²) in [6, 6.07) is 0. The van der Waals surface area contributed by atoms with Gasteiger partial charge in [-0.1, -0.05) is 0 Å². The monoisotopic (exact) mass is 206 g/mol. The van der Waals surface area contributed by atoms with Crippen LogP contribution >= 0.6 is 11.6 Å². The number of ether oxygens (including phenoxy) is 1. The molecular weight excluding hydrogens is 196 g/mol. The Kier molecular flexibility index (Phi) is 5.30. The lowest BCUT2D eigenvalue weighted by molar-refractivity contribution is -0.153. The van der Waals surface area contributed by atoms with Gasteiger partial charge in [-0.15, -0.1) is 11.6 Å². The molecule has 0 aromatic heterocycles. The van der Waals surface area contributed by atoms with E-state index in [0.29, 0.717) is 0 Å². The molecule has 0 N–H and O–H groups in total. The van der Waals surface area contributed by atoms with Crippen molar-refractivity contribution in [2.75, 3.05) is 12.5 Å². The molecule has 0 amide bonds. The molecule has 0 aliphatic carbocycles. The Morgan fingerprint density at radius 1 is 1.38 bits per heavy atom. The maximum absolute atomic E-state index is 11.1. The van der Waals surface area contributed by atoms with Crippen LogP contribution in [0.4, 0.5) is 0 Å². The van der Waals surface area contributed by atoms with Crippen molar-refractivity contribution < 1.29 is 19.1 Å². The zero-order valence-corrected chi connectivity index (χ0v) is 8.26. The Balaban J connectivity index is 4.51. The Morgan fingerprint density at radius 2 is 1.92 bits per heavy atom. The summed E-state index contributed by atoms with van der Waals surface area (Å²) >= 11 is 5.23. The number of halogens is 1. The molecule has 0 bridgehead atoms. The number of esters is 1. The summed E-state index contributed by atoms with van der Waals surface area (Å²) < 4.78 is 4.55. The second-order valence-corrected chi connectivity index (χ2v) is 2.66. The molecule has 0 fully saturated rings. The van der Waals surface area contributed by atoms with E-state index in [1.54, 1.807) is 6.92 Å². The van der Waals surface area contributed by atoms with Crippen LogP contribution in [0.1, 0.15) is 13.8 Å². The van der Waals surface area contributed by atoms with Gasteiger partial charge in [0.1, 0.15) is 0 Å². The highest BCUT2D eigenvalue weighted by Gasteiger charge is 2.31. The van der Waals surface area contributed by atoms with E-state index in [1.165, 1.54) is 0 Å². The van der Waals surface area contributed by atoms with Gasteiger partial charge in [0.15, 0.2) is 17.5 Å². The first-order chi connectivity index (χ1) is 6.04. The van der Waals surface area contributed by atoms with Gasteiger partial charge >= 0.3 is 5.97 Å². The highest BCUT2D eigenvalue weighted by Crippen LogP contribution is 2.05. The van der Waals surface area contributed by atoms with Crippen molar-refractivity contribution >= 4 is 29.1 Å². The van der Waals surface area contributed by atoms with E-state index in [1.807, 2.05) is 0 Å². The first-order valence-corrected chi connectivity index (χ1v) is 4.33. The van der Waals surface area contributed by atoms with Gasteiger partial charge in [0, 0.05) is 0 Å². The molecular formula is C8H11ClO4. The van der Waals surface area contributed by atoms with Crippen molar-refractivity contribution in [2.45, 2.75) is 13.8 Å². The number of rotatable bonds is 5. The smallest absolute Gasteiger partial charge is 0.324 e. The normalized spacial score (nSPS) is 11.9. The van der Waals surface area contributed by atoms with Crippen LogP contribution in [-0.2, 0) is 19.1 Å². The third-order valence-electron chi connectivity index (χ3n) is 1.38. The fraction of sp³-hybridized carbons (Fsp3) is 0.625. The molecule has 0 heterocycles. The summed E-state index contributed by atoms with van der Waals surface area (Å²) in [5, 5.41) is 0. The molecule has 0 aromatic carbocycles. The van der Waals surface area contributed by atoms with Gasteiger partial charge in [-0.3, -0.25) is 14.4 Å². The number of Topliss-reactive ketones (excluding diaryl/α,β-unsaturated/α-hetero) is 2. The number of carbonyl (C=O) groups is 3. The fourth-order valence-corrected chi connectivity index (χ4v) is 0.981. The minimum absolute atomic E-state index is 0.137. The summed E-state index contributed by atoms with van der Waals surface area (Å²) in [6.07, 6.45) is 0. The maximum Gasteiger partial charge on any atom is 0.324 e. The van der Waals surface area contributed by atoms with E-state index in [2.05, 4.69) is 4.74 Å². The fourth-order valence-electron chi connectivity index (χ4n) is 0.827. The lowest BCUT2D eigenvalue weighted by Crippen LogP contribution is -2.32. The third kappa shape index (κ3) is 3.55. The minimum Gasteiger partial charge on any atom is -0.465 e. The molecule has 4 nitrogen and oxygen atoms in total. The second kappa shape index (κ2) is 5.70. The molecule has 0 aromatic rings. The maximum atomic E-state index is 11.1.